The van der Waals surface area contributed by atoms with Crippen LogP contribution in [-0.2, 0) is 21.3 Å². The molecule has 1 aromatic rings. The van der Waals surface area contributed by atoms with E-state index in [1.807, 2.05) is 0 Å². The Morgan fingerprint density at radius 3 is 2.15 bits per heavy atom. The van der Waals surface area contributed by atoms with E-state index in [1.165, 1.54) is 26.0 Å². The third-order valence-corrected chi connectivity index (χ3v) is 4.45. The summed E-state index contributed by atoms with van der Waals surface area (Å²) >= 11 is 0. The van der Waals surface area contributed by atoms with Crippen molar-refractivity contribution in [3.05, 3.63) is 29.8 Å². The van der Waals surface area contributed by atoms with Gasteiger partial charge >= 0.3 is 12.3 Å². The molecule has 0 fully saturated rings. The standard InChI is InChI=1S/C12H13F3O4S/c1-11(2,10(16)17)20(18)7-8-3-5-9(6-4-8)19-12(13,14)15/h3-6H,7H2,1-2H3,(H,16,17). The normalized spacial score (nSPS) is 13.8. The molecule has 0 aromatic heterocycles. The highest BCUT2D eigenvalue weighted by atomic mass is 32.2. The number of ether oxygens (including phenoxy) is 1. The van der Waals surface area contributed by atoms with E-state index in [2.05, 4.69) is 4.74 Å². The fourth-order valence-electron chi connectivity index (χ4n) is 1.22. The molecule has 0 heterocycles. The molecule has 0 radical (unpaired) electrons. The third-order valence-electron chi connectivity index (χ3n) is 2.54. The Morgan fingerprint density at radius 2 is 1.75 bits per heavy atom. The summed E-state index contributed by atoms with van der Waals surface area (Å²) < 4.78 is 50.1. The highest BCUT2D eigenvalue weighted by Gasteiger charge is 2.34. The molecule has 0 saturated heterocycles. The minimum atomic E-state index is -4.77. The molecule has 0 spiro atoms. The monoisotopic (exact) mass is 310 g/mol. The zero-order chi connectivity index (χ0) is 15.6. The molecule has 0 aliphatic heterocycles. The summed E-state index contributed by atoms with van der Waals surface area (Å²) in [7, 11) is -1.70. The van der Waals surface area contributed by atoms with E-state index in [1.54, 1.807) is 0 Å². The van der Waals surface area contributed by atoms with Crippen LogP contribution in [0.4, 0.5) is 13.2 Å². The van der Waals surface area contributed by atoms with Crippen molar-refractivity contribution in [3.63, 3.8) is 0 Å². The van der Waals surface area contributed by atoms with E-state index in [0.717, 1.165) is 12.1 Å². The van der Waals surface area contributed by atoms with Crippen molar-refractivity contribution in [1.82, 2.24) is 0 Å². The van der Waals surface area contributed by atoms with Crippen LogP contribution in [0.25, 0.3) is 0 Å². The Labute approximate surface area is 116 Å². The smallest absolute Gasteiger partial charge is 0.480 e. The van der Waals surface area contributed by atoms with Gasteiger partial charge in [0.2, 0.25) is 0 Å². The van der Waals surface area contributed by atoms with E-state index in [4.69, 9.17) is 5.11 Å². The molecule has 0 aliphatic carbocycles. The molecule has 1 rings (SSSR count). The summed E-state index contributed by atoms with van der Waals surface area (Å²) in [5.41, 5.74) is 0.465. The summed E-state index contributed by atoms with van der Waals surface area (Å²) in [6, 6.07) is 4.81. The van der Waals surface area contributed by atoms with Crippen molar-refractivity contribution < 1.29 is 32.0 Å². The molecule has 1 atom stereocenters. The van der Waals surface area contributed by atoms with E-state index in [-0.39, 0.29) is 11.5 Å². The first kappa shape index (κ1) is 16.5. The Balaban J connectivity index is 2.76. The molecule has 0 amide bonds. The lowest BCUT2D eigenvalue weighted by atomic mass is 10.2. The van der Waals surface area contributed by atoms with E-state index in [0.29, 0.717) is 5.56 Å². The van der Waals surface area contributed by atoms with Crippen LogP contribution < -0.4 is 4.74 Å². The first-order chi connectivity index (χ1) is 9.02. The van der Waals surface area contributed by atoms with Gasteiger partial charge in [-0.2, -0.15) is 0 Å². The van der Waals surface area contributed by atoms with Gasteiger partial charge in [0.1, 0.15) is 10.5 Å². The summed E-state index contributed by atoms with van der Waals surface area (Å²) in [6.07, 6.45) is -4.77. The second kappa shape index (κ2) is 5.82. The Hall–Kier alpha value is -1.57. The van der Waals surface area contributed by atoms with Gasteiger partial charge in [-0.25, -0.2) is 0 Å². The minimum Gasteiger partial charge on any atom is -0.480 e. The fraction of sp³-hybridized carbons (Fsp3) is 0.417. The van der Waals surface area contributed by atoms with Gasteiger partial charge in [-0.1, -0.05) is 12.1 Å². The topological polar surface area (TPSA) is 63.6 Å². The fourth-order valence-corrected chi connectivity index (χ4v) is 2.27. The molecule has 1 N–H and O–H groups in total. The predicted molar refractivity (Wildman–Crippen MR) is 66.7 cm³/mol. The van der Waals surface area contributed by atoms with Gasteiger partial charge in [0.15, 0.2) is 0 Å². The van der Waals surface area contributed by atoms with E-state index in [9.17, 15) is 22.2 Å². The molecule has 8 heteroatoms. The largest absolute Gasteiger partial charge is 0.573 e. The summed E-state index contributed by atoms with van der Waals surface area (Å²) in [5, 5.41) is 8.92. The van der Waals surface area contributed by atoms with Crippen LogP contribution in [-0.4, -0.2) is 26.4 Å². The van der Waals surface area contributed by atoms with E-state index >= 15 is 0 Å². The Morgan fingerprint density at radius 1 is 1.25 bits per heavy atom. The molecule has 20 heavy (non-hydrogen) atoms. The van der Waals surface area contributed by atoms with Crippen molar-refractivity contribution in [1.29, 1.82) is 0 Å². The molecule has 0 aliphatic rings. The number of carboxylic acid groups (broad SMARTS) is 1. The maximum absolute atomic E-state index is 12.0. The van der Waals surface area contributed by atoms with E-state index < -0.39 is 27.9 Å². The minimum absolute atomic E-state index is 0.0639. The molecule has 0 saturated carbocycles. The van der Waals surface area contributed by atoms with Crippen LogP contribution in [0.1, 0.15) is 19.4 Å². The number of hydrogen-bond acceptors (Lipinski definition) is 3. The van der Waals surface area contributed by atoms with Crippen LogP contribution >= 0.6 is 0 Å². The predicted octanol–water partition coefficient (Wildman–Crippen LogP) is 2.70. The van der Waals surface area contributed by atoms with Gasteiger partial charge in [-0.15, -0.1) is 13.2 Å². The van der Waals surface area contributed by atoms with Crippen molar-refractivity contribution in [2.45, 2.75) is 30.7 Å². The van der Waals surface area contributed by atoms with Crippen LogP contribution in [0.5, 0.6) is 5.75 Å². The zero-order valence-electron chi connectivity index (χ0n) is 10.7. The van der Waals surface area contributed by atoms with Crippen LogP contribution in [0.2, 0.25) is 0 Å². The number of carboxylic acids is 1. The van der Waals surface area contributed by atoms with Gasteiger partial charge in [0.05, 0.1) is 0 Å². The molecule has 112 valence electrons. The third kappa shape index (κ3) is 4.52. The first-order valence-electron chi connectivity index (χ1n) is 5.49. The number of rotatable bonds is 5. The van der Waals surface area contributed by atoms with Crippen LogP contribution in [0, 0.1) is 0 Å². The van der Waals surface area contributed by atoms with Crippen molar-refractivity contribution in [2.75, 3.05) is 0 Å². The maximum atomic E-state index is 12.0. The molecule has 1 aromatic carbocycles. The number of alkyl halides is 3. The molecule has 1 unspecified atom stereocenters. The number of halogens is 3. The number of hydrogen-bond donors (Lipinski definition) is 1. The number of carbonyl (C=O) groups is 1. The number of aliphatic carboxylic acids is 1. The lowest BCUT2D eigenvalue weighted by Gasteiger charge is -2.18. The van der Waals surface area contributed by atoms with Crippen molar-refractivity contribution >= 4 is 16.8 Å². The lowest BCUT2D eigenvalue weighted by Crippen LogP contribution is -2.37. The second-order valence-electron chi connectivity index (χ2n) is 4.50. The lowest BCUT2D eigenvalue weighted by molar-refractivity contribution is -0.274. The molecule has 4 nitrogen and oxygen atoms in total. The molecular formula is C12H13F3O4S. The average molecular weight is 310 g/mol. The quantitative estimate of drug-likeness (QED) is 0.908. The first-order valence-corrected chi connectivity index (χ1v) is 6.81. The van der Waals surface area contributed by atoms with Gasteiger partial charge in [0.25, 0.3) is 0 Å². The summed E-state index contributed by atoms with van der Waals surface area (Å²) in [6.45, 7) is 2.65. The molecule has 0 bridgehead atoms. The SMILES string of the molecule is CC(C)(C(=O)O)S(=O)Cc1ccc(OC(F)(F)F)cc1. The van der Waals surface area contributed by atoms with Gasteiger partial charge in [-0.05, 0) is 31.5 Å². The van der Waals surface area contributed by atoms with Gasteiger partial charge in [0, 0.05) is 16.6 Å². The maximum Gasteiger partial charge on any atom is 0.573 e. The summed E-state index contributed by atoms with van der Waals surface area (Å²) in [5.74, 6) is -1.65. The van der Waals surface area contributed by atoms with Crippen LogP contribution in [0.15, 0.2) is 24.3 Å². The zero-order valence-corrected chi connectivity index (χ0v) is 11.5. The van der Waals surface area contributed by atoms with Gasteiger partial charge < -0.3 is 9.84 Å². The van der Waals surface area contributed by atoms with Crippen molar-refractivity contribution in [3.8, 4) is 5.75 Å². The van der Waals surface area contributed by atoms with Crippen LogP contribution in [0.3, 0.4) is 0 Å². The van der Waals surface area contributed by atoms with Crippen molar-refractivity contribution in [2.24, 2.45) is 0 Å². The highest BCUT2D eigenvalue weighted by Crippen LogP contribution is 2.24. The second-order valence-corrected chi connectivity index (χ2v) is 6.50. The number of benzene rings is 1. The Kier molecular flexibility index (Phi) is 4.80. The van der Waals surface area contributed by atoms with Gasteiger partial charge in [-0.3, -0.25) is 9.00 Å². The average Bonchev–Trinajstić information content (AvgIpc) is 2.29. The highest BCUT2D eigenvalue weighted by molar-refractivity contribution is 7.86. The Bertz CT molecular complexity index is 508. The summed E-state index contributed by atoms with van der Waals surface area (Å²) in [4.78, 5) is 10.9. The molecular weight excluding hydrogens is 297 g/mol.